The summed E-state index contributed by atoms with van der Waals surface area (Å²) in [6.45, 7) is 12.6. The van der Waals surface area contributed by atoms with Gasteiger partial charge in [0.2, 0.25) is 0 Å². The van der Waals surface area contributed by atoms with Gasteiger partial charge in [-0.05, 0) is 23.7 Å². The highest BCUT2D eigenvalue weighted by molar-refractivity contribution is 6.74. The molecule has 0 aromatic heterocycles. The van der Waals surface area contributed by atoms with E-state index in [2.05, 4.69) is 46.0 Å². The average Bonchev–Trinajstić information content (AvgIpc) is 3.04. The summed E-state index contributed by atoms with van der Waals surface area (Å²) in [7, 11) is -1.88. The summed E-state index contributed by atoms with van der Waals surface area (Å²) in [6.07, 6.45) is 1.43. The third-order valence-corrected chi connectivity index (χ3v) is 10.8. The maximum Gasteiger partial charge on any atom is 0.306 e. The first-order chi connectivity index (χ1) is 12.2. The zero-order valence-electron chi connectivity index (χ0n) is 16.7. The Labute approximate surface area is 158 Å². The van der Waals surface area contributed by atoms with Crippen LogP contribution in [-0.4, -0.2) is 33.1 Å². The topological polar surface area (TPSA) is 44.8 Å². The average molecular weight is 377 g/mol. The summed E-state index contributed by atoms with van der Waals surface area (Å²) in [5, 5.41) is 0.164. The van der Waals surface area contributed by atoms with Gasteiger partial charge >= 0.3 is 5.97 Å². The van der Waals surface area contributed by atoms with Gasteiger partial charge in [-0.1, -0.05) is 51.1 Å². The summed E-state index contributed by atoms with van der Waals surface area (Å²) in [5.41, 5.74) is 1.17. The number of carbonyl (C=O) groups excluding carboxylic acids is 1. The minimum Gasteiger partial charge on any atom is -0.462 e. The summed E-state index contributed by atoms with van der Waals surface area (Å²) < 4.78 is 18.3. The van der Waals surface area contributed by atoms with E-state index in [9.17, 15) is 4.79 Å². The van der Waals surface area contributed by atoms with Crippen molar-refractivity contribution >= 4 is 14.3 Å². The van der Waals surface area contributed by atoms with Crippen molar-refractivity contribution < 1.29 is 18.7 Å². The van der Waals surface area contributed by atoms with Crippen molar-refractivity contribution in [1.82, 2.24) is 0 Å². The molecular weight excluding hydrogens is 344 g/mol. The Bertz CT molecular complexity index is 623. The van der Waals surface area contributed by atoms with Gasteiger partial charge in [-0.15, -0.1) is 0 Å². The number of carbonyl (C=O) groups is 1. The summed E-state index contributed by atoms with van der Waals surface area (Å²) in [5.74, 6) is 0.385. The Kier molecular flexibility index (Phi) is 5.61. The Morgan fingerprint density at radius 1 is 1.19 bits per heavy atom. The van der Waals surface area contributed by atoms with E-state index in [0.29, 0.717) is 19.6 Å². The van der Waals surface area contributed by atoms with Gasteiger partial charge in [-0.25, -0.2) is 0 Å². The van der Waals surface area contributed by atoms with E-state index in [1.807, 2.05) is 18.2 Å². The highest BCUT2D eigenvalue weighted by Gasteiger charge is 2.53. The van der Waals surface area contributed by atoms with Gasteiger partial charge in [0.25, 0.3) is 0 Å². The van der Waals surface area contributed by atoms with Crippen molar-refractivity contribution in [2.24, 2.45) is 11.8 Å². The largest absolute Gasteiger partial charge is 0.462 e. The molecule has 0 N–H and O–H groups in total. The Hall–Kier alpha value is -1.17. The van der Waals surface area contributed by atoms with E-state index >= 15 is 0 Å². The molecule has 0 radical (unpaired) electrons. The minimum absolute atomic E-state index is 0.00240. The molecule has 1 aromatic carbocycles. The SMILES string of the molecule is CC(C)(C)[Si](C)(C)O[C@@H]1C[C@@H]2OC(=O)C[C@@H]2[C@@H]1COCc1ccccc1. The Morgan fingerprint density at radius 3 is 2.54 bits per heavy atom. The van der Waals surface area contributed by atoms with Gasteiger partial charge in [-0.3, -0.25) is 4.79 Å². The molecule has 5 heteroatoms. The molecule has 1 saturated carbocycles. The van der Waals surface area contributed by atoms with Gasteiger partial charge in [0.1, 0.15) is 6.10 Å². The zero-order valence-corrected chi connectivity index (χ0v) is 17.7. The van der Waals surface area contributed by atoms with E-state index < -0.39 is 8.32 Å². The van der Waals surface area contributed by atoms with Crippen LogP contribution in [0.1, 0.15) is 39.2 Å². The Balaban J connectivity index is 1.66. The second-order valence-electron chi connectivity index (χ2n) is 9.21. The van der Waals surface area contributed by atoms with E-state index in [1.165, 1.54) is 5.56 Å². The molecule has 1 aliphatic heterocycles. The fourth-order valence-corrected chi connectivity index (χ4v) is 5.15. The first kappa shape index (κ1) is 19.6. The molecule has 4 nitrogen and oxygen atoms in total. The van der Waals surface area contributed by atoms with Crippen LogP contribution in [0.2, 0.25) is 18.1 Å². The van der Waals surface area contributed by atoms with Crippen LogP contribution < -0.4 is 0 Å². The molecule has 3 rings (SSSR count). The molecule has 1 heterocycles. The van der Waals surface area contributed by atoms with Crippen molar-refractivity contribution in [3.8, 4) is 0 Å². The number of hydrogen-bond acceptors (Lipinski definition) is 4. The second-order valence-corrected chi connectivity index (χ2v) is 14.0. The van der Waals surface area contributed by atoms with Crippen LogP contribution >= 0.6 is 0 Å². The van der Waals surface area contributed by atoms with Gasteiger partial charge in [0.15, 0.2) is 8.32 Å². The first-order valence-electron chi connectivity index (χ1n) is 9.66. The van der Waals surface area contributed by atoms with E-state index in [0.717, 1.165) is 6.42 Å². The molecule has 1 aromatic rings. The highest BCUT2D eigenvalue weighted by Crippen LogP contribution is 2.46. The lowest BCUT2D eigenvalue weighted by Crippen LogP contribution is -2.45. The van der Waals surface area contributed by atoms with E-state index in [1.54, 1.807) is 0 Å². The summed E-state index contributed by atoms with van der Waals surface area (Å²) in [4.78, 5) is 11.8. The highest BCUT2D eigenvalue weighted by atomic mass is 28.4. The molecule has 0 amide bonds. The van der Waals surface area contributed by atoms with Crippen LogP contribution in [0, 0.1) is 11.8 Å². The van der Waals surface area contributed by atoms with Crippen LogP contribution in [0.3, 0.4) is 0 Å². The molecule has 0 bridgehead atoms. The van der Waals surface area contributed by atoms with Crippen LogP contribution in [0.25, 0.3) is 0 Å². The van der Waals surface area contributed by atoms with Gasteiger partial charge < -0.3 is 13.9 Å². The second kappa shape index (κ2) is 7.45. The molecule has 26 heavy (non-hydrogen) atoms. The van der Waals surface area contributed by atoms with Crippen molar-refractivity contribution in [3.05, 3.63) is 35.9 Å². The molecule has 0 unspecified atom stereocenters. The van der Waals surface area contributed by atoms with Gasteiger partial charge in [0, 0.05) is 18.3 Å². The molecule has 2 aliphatic rings. The predicted molar refractivity (Wildman–Crippen MR) is 104 cm³/mol. The van der Waals surface area contributed by atoms with Crippen LogP contribution in [0.4, 0.5) is 0 Å². The fraction of sp³-hybridized carbons (Fsp3) is 0.667. The number of ether oxygens (including phenoxy) is 2. The molecule has 144 valence electrons. The number of benzene rings is 1. The molecular formula is C21H32O4Si. The van der Waals surface area contributed by atoms with Crippen molar-refractivity contribution in [3.63, 3.8) is 0 Å². The quantitative estimate of drug-likeness (QED) is 0.540. The lowest BCUT2D eigenvalue weighted by molar-refractivity contribution is -0.141. The van der Waals surface area contributed by atoms with Gasteiger partial charge in [-0.2, -0.15) is 0 Å². The zero-order chi connectivity index (χ0) is 18.9. The van der Waals surface area contributed by atoms with Gasteiger partial charge in [0.05, 0.1) is 25.7 Å². The standard InChI is InChI=1S/C21H32O4Si/c1-21(2,3)26(4,5)25-19-12-18-16(11-20(22)24-18)17(19)14-23-13-15-9-7-6-8-10-15/h6-10,16-19H,11-14H2,1-5H3/t16-,17+,18+,19-/m1/s1. The van der Waals surface area contributed by atoms with Crippen molar-refractivity contribution in [1.29, 1.82) is 0 Å². The summed E-state index contributed by atoms with van der Waals surface area (Å²) >= 11 is 0. The third kappa shape index (κ3) is 4.21. The maximum atomic E-state index is 11.8. The van der Waals surface area contributed by atoms with E-state index in [4.69, 9.17) is 13.9 Å². The normalized spacial score (nSPS) is 28.9. The van der Waals surface area contributed by atoms with Crippen molar-refractivity contribution in [2.45, 2.75) is 70.6 Å². The van der Waals surface area contributed by atoms with E-state index in [-0.39, 0.29) is 35.1 Å². The van der Waals surface area contributed by atoms with Crippen molar-refractivity contribution in [2.75, 3.05) is 6.61 Å². The third-order valence-electron chi connectivity index (χ3n) is 6.33. The minimum atomic E-state index is -1.88. The lowest BCUT2D eigenvalue weighted by atomic mass is 9.93. The first-order valence-corrected chi connectivity index (χ1v) is 12.6. The van der Waals surface area contributed by atoms with Crippen LogP contribution in [0.15, 0.2) is 30.3 Å². The molecule has 0 spiro atoms. The summed E-state index contributed by atoms with van der Waals surface area (Å²) in [6, 6.07) is 10.2. The molecule has 2 fully saturated rings. The fourth-order valence-electron chi connectivity index (χ4n) is 3.77. The number of hydrogen-bond donors (Lipinski definition) is 0. The number of rotatable bonds is 6. The van der Waals surface area contributed by atoms with Crippen LogP contribution in [-0.2, 0) is 25.3 Å². The maximum absolute atomic E-state index is 11.8. The molecule has 4 atom stereocenters. The Morgan fingerprint density at radius 2 is 1.88 bits per heavy atom. The molecule has 1 aliphatic carbocycles. The smallest absolute Gasteiger partial charge is 0.306 e. The van der Waals surface area contributed by atoms with Crippen LogP contribution in [0.5, 0.6) is 0 Å². The number of esters is 1. The number of fused-ring (bicyclic) bond motifs is 1. The molecule has 1 saturated heterocycles. The predicted octanol–water partition coefficient (Wildman–Crippen LogP) is 4.55. The monoisotopic (exact) mass is 376 g/mol. The lowest BCUT2D eigenvalue weighted by Gasteiger charge is -2.40.